The van der Waals surface area contributed by atoms with E-state index in [-0.39, 0.29) is 24.1 Å². The van der Waals surface area contributed by atoms with Crippen LogP contribution >= 0.6 is 11.8 Å². The predicted octanol–water partition coefficient (Wildman–Crippen LogP) is 3.36. The van der Waals surface area contributed by atoms with Crippen molar-refractivity contribution in [3.05, 3.63) is 39.3 Å². The SMILES string of the molecule is CCn1cnc(C2(C(F)(F)F)CC2)c1CSc1nc2c(c(=O)[nH]1)CCC2. The van der Waals surface area contributed by atoms with Gasteiger partial charge in [-0.3, -0.25) is 4.79 Å². The summed E-state index contributed by atoms with van der Waals surface area (Å²) in [6.45, 7) is 2.42. The smallest absolute Gasteiger partial charge is 0.334 e. The van der Waals surface area contributed by atoms with Crippen LogP contribution in [0.15, 0.2) is 16.3 Å². The number of rotatable bonds is 5. The van der Waals surface area contributed by atoms with Gasteiger partial charge in [-0.1, -0.05) is 11.8 Å². The maximum Gasteiger partial charge on any atom is 0.400 e. The van der Waals surface area contributed by atoms with Crippen molar-refractivity contribution in [2.24, 2.45) is 0 Å². The normalized spacial score (nSPS) is 18.2. The Hall–Kier alpha value is -1.77. The summed E-state index contributed by atoms with van der Waals surface area (Å²) in [6.07, 6.45) is -0.201. The van der Waals surface area contributed by atoms with E-state index in [0.29, 0.717) is 23.1 Å². The summed E-state index contributed by atoms with van der Waals surface area (Å²) in [5.41, 5.74) is 0.311. The summed E-state index contributed by atoms with van der Waals surface area (Å²) in [7, 11) is 0. The first kappa shape index (κ1) is 17.6. The predicted molar refractivity (Wildman–Crippen MR) is 91.3 cm³/mol. The lowest BCUT2D eigenvalue weighted by Gasteiger charge is -2.19. The molecule has 140 valence electrons. The Morgan fingerprint density at radius 2 is 2.12 bits per heavy atom. The van der Waals surface area contributed by atoms with Gasteiger partial charge in [0, 0.05) is 17.9 Å². The standard InChI is InChI=1S/C17H19F3N4OS/c1-2-24-9-21-13(16(6-7-16)17(18,19)20)12(24)8-26-15-22-11-5-3-4-10(11)14(25)23-15/h9H,2-8H2,1H3,(H,22,23,25). The lowest BCUT2D eigenvalue weighted by molar-refractivity contribution is -0.161. The van der Waals surface area contributed by atoms with Gasteiger partial charge in [0.05, 0.1) is 23.4 Å². The molecule has 26 heavy (non-hydrogen) atoms. The lowest BCUT2D eigenvalue weighted by atomic mass is 10.0. The fourth-order valence-corrected chi connectivity index (χ4v) is 4.55. The number of imidazole rings is 1. The Kier molecular flexibility index (Phi) is 4.17. The highest BCUT2D eigenvalue weighted by Crippen LogP contribution is 2.59. The number of thioether (sulfide) groups is 1. The summed E-state index contributed by atoms with van der Waals surface area (Å²) in [5, 5.41) is 0.460. The zero-order valence-corrected chi connectivity index (χ0v) is 15.1. The number of hydrogen-bond donors (Lipinski definition) is 1. The van der Waals surface area contributed by atoms with Crippen molar-refractivity contribution in [1.82, 2.24) is 19.5 Å². The number of hydrogen-bond acceptors (Lipinski definition) is 4. The quantitative estimate of drug-likeness (QED) is 0.634. The van der Waals surface area contributed by atoms with Gasteiger partial charge in [0.2, 0.25) is 0 Å². The molecule has 0 spiro atoms. The third-order valence-electron chi connectivity index (χ3n) is 5.30. The molecular weight excluding hydrogens is 365 g/mol. The molecule has 0 unspecified atom stereocenters. The molecule has 4 rings (SSSR count). The number of halogens is 3. The molecule has 0 saturated heterocycles. The van der Waals surface area contributed by atoms with Crippen molar-refractivity contribution in [3.8, 4) is 0 Å². The van der Waals surface area contributed by atoms with E-state index < -0.39 is 11.6 Å². The highest BCUT2D eigenvalue weighted by molar-refractivity contribution is 7.98. The average molecular weight is 384 g/mol. The van der Waals surface area contributed by atoms with Gasteiger partial charge in [0.25, 0.3) is 5.56 Å². The van der Waals surface area contributed by atoms with Crippen molar-refractivity contribution in [2.45, 2.75) is 68.1 Å². The Labute approximate surface area is 152 Å². The monoisotopic (exact) mass is 384 g/mol. The second-order valence-electron chi connectivity index (χ2n) is 6.84. The molecule has 0 atom stereocenters. The van der Waals surface area contributed by atoms with Gasteiger partial charge in [0.1, 0.15) is 5.41 Å². The van der Waals surface area contributed by atoms with E-state index in [2.05, 4.69) is 15.0 Å². The van der Waals surface area contributed by atoms with Crippen LogP contribution in [0.25, 0.3) is 0 Å². The molecule has 0 radical (unpaired) electrons. The van der Waals surface area contributed by atoms with Crippen molar-refractivity contribution in [2.75, 3.05) is 0 Å². The molecule has 2 aliphatic carbocycles. The van der Waals surface area contributed by atoms with E-state index in [1.807, 2.05) is 6.92 Å². The maximum absolute atomic E-state index is 13.5. The van der Waals surface area contributed by atoms with Gasteiger partial charge >= 0.3 is 6.18 Å². The maximum atomic E-state index is 13.5. The number of aryl methyl sites for hydroxylation is 2. The van der Waals surface area contributed by atoms with Crippen LogP contribution in [0.1, 0.15) is 48.8 Å². The number of alkyl halides is 3. The van der Waals surface area contributed by atoms with Crippen LogP contribution in [0.2, 0.25) is 0 Å². The van der Waals surface area contributed by atoms with Crippen LogP contribution in [0, 0.1) is 0 Å². The second kappa shape index (κ2) is 6.14. The van der Waals surface area contributed by atoms with Crippen molar-refractivity contribution < 1.29 is 13.2 Å². The minimum absolute atomic E-state index is 0.0861. The van der Waals surface area contributed by atoms with Crippen molar-refractivity contribution >= 4 is 11.8 Å². The summed E-state index contributed by atoms with van der Waals surface area (Å²) >= 11 is 1.26. The zero-order valence-electron chi connectivity index (χ0n) is 14.3. The molecule has 0 aromatic carbocycles. The molecule has 0 bridgehead atoms. The number of aromatic amines is 1. The molecule has 1 fully saturated rings. The van der Waals surface area contributed by atoms with Gasteiger partial charge in [0.15, 0.2) is 5.16 Å². The van der Waals surface area contributed by atoms with Crippen LogP contribution in [0.5, 0.6) is 0 Å². The van der Waals surface area contributed by atoms with Crippen LogP contribution < -0.4 is 5.56 Å². The molecular formula is C17H19F3N4OS. The van der Waals surface area contributed by atoms with E-state index in [0.717, 1.165) is 30.5 Å². The third-order valence-corrected chi connectivity index (χ3v) is 6.18. The molecule has 5 nitrogen and oxygen atoms in total. The van der Waals surface area contributed by atoms with Crippen LogP contribution in [0.3, 0.4) is 0 Å². The summed E-state index contributed by atoms with van der Waals surface area (Å²) in [5.74, 6) is 0.294. The Bertz CT molecular complexity index is 898. The van der Waals surface area contributed by atoms with E-state index in [1.54, 1.807) is 4.57 Å². The fraction of sp³-hybridized carbons (Fsp3) is 0.588. The van der Waals surface area contributed by atoms with E-state index in [4.69, 9.17) is 0 Å². The molecule has 2 aliphatic rings. The third kappa shape index (κ3) is 2.76. The average Bonchev–Trinajstić information content (AvgIpc) is 3.09. The molecule has 1 N–H and O–H groups in total. The number of fused-ring (bicyclic) bond motifs is 1. The highest BCUT2D eigenvalue weighted by Gasteiger charge is 2.66. The van der Waals surface area contributed by atoms with Gasteiger partial charge in [-0.2, -0.15) is 13.2 Å². The topological polar surface area (TPSA) is 63.6 Å². The Balaban J connectivity index is 1.62. The largest absolute Gasteiger partial charge is 0.400 e. The molecule has 0 amide bonds. The van der Waals surface area contributed by atoms with Crippen molar-refractivity contribution in [1.29, 1.82) is 0 Å². The first-order valence-corrected chi connectivity index (χ1v) is 9.70. The summed E-state index contributed by atoms with van der Waals surface area (Å²) in [6, 6.07) is 0. The zero-order chi connectivity index (χ0) is 18.5. The fourth-order valence-electron chi connectivity index (χ4n) is 3.63. The van der Waals surface area contributed by atoms with Gasteiger partial charge < -0.3 is 9.55 Å². The van der Waals surface area contributed by atoms with E-state index >= 15 is 0 Å². The van der Waals surface area contributed by atoms with Gasteiger partial charge in [-0.25, -0.2) is 9.97 Å². The number of nitrogens with zero attached hydrogens (tertiary/aromatic N) is 3. The van der Waals surface area contributed by atoms with E-state index in [9.17, 15) is 18.0 Å². The summed E-state index contributed by atoms with van der Waals surface area (Å²) in [4.78, 5) is 23.5. The lowest BCUT2D eigenvalue weighted by Crippen LogP contribution is -2.30. The summed E-state index contributed by atoms with van der Waals surface area (Å²) < 4.78 is 42.3. The number of aromatic nitrogens is 4. The van der Waals surface area contributed by atoms with E-state index in [1.165, 1.54) is 18.1 Å². The first-order valence-electron chi connectivity index (χ1n) is 8.72. The Morgan fingerprint density at radius 1 is 1.35 bits per heavy atom. The first-order chi connectivity index (χ1) is 12.4. The molecule has 2 aromatic rings. The molecule has 2 heterocycles. The Morgan fingerprint density at radius 3 is 2.77 bits per heavy atom. The molecule has 1 saturated carbocycles. The molecule has 9 heteroatoms. The number of nitrogens with one attached hydrogen (secondary N) is 1. The molecule has 0 aliphatic heterocycles. The van der Waals surface area contributed by atoms with Crippen LogP contribution in [0.4, 0.5) is 13.2 Å². The van der Waals surface area contributed by atoms with Crippen LogP contribution in [-0.4, -0.2) is 25.7 Å². The van der Waals surface area contributed by atoms with Gasteiger partial charge in [-0.15, -0.1) is 0 Å². The highest BCUT2D eigenvalue weighted by atomic mass is 32.2. The minimum atomic E-state index is -4.29. The van der Waals surface area contributed by atoms with Crippen molar-refractivity contribution in [3.63, 3.8) is 0 Å². The second-order valence-corrected chi connectivity index (χ2v) is 7.81. The minimum Gasteiger partial charge on any atom is -0.334 e. The number of H-pyrrole nitrogens is 1. The molecule has 2 aromatic heterocycles. The van der Waals surface area contributed by atoms with Crippen LogP contribution in [-0.2, 0) is 30.6 Å². The van der Waals surface area contributed by atoms with Gasteiger partial charge in [-0.05, 0) is 39.0 Å².